The fourth-order valence-electron chi connectivity index (χ4n) is 1.73. The van der Waals surface area contributed by atoms with Crippen LogP contribution in [0.25, 0.3) is 11.3 Å². The first kappa shape index (κ1) is 13.2. The molecule has 2 aromatic heterocycles. The molecule has 0 bridgehead atoms. The molecule has 0 aliphatic rings. The number of pyridine rings is 1. The van der Waals surface area contributed by atoms with Gasteiger partial charge in [-0.3, -0.25) is 14.9 Å². The van der Waals surface area contributed by atoms with Crippen molar-refractivity contribution in [2.24, 2.45) is 0 Å². The van der Waals surface area contributed by atoms with Gasteiger partial charge in [-0.15, -0.1) is 0 Å². The molecule has 2 N–H and O–H groups in total. The molecule has 0 saturated heterocycles. The van der Waals surface area contributed by atoms with E-state index in [4.69, 9.17) is 0 Å². The van der Waals surface area contributed by atoms with Crippen molar-refractivity contribution in [1.82, 2.24) is 20.5 Å². The Kier molecular flexibility index (Phi) is 4.25. The van der Waals surface area contributed by atoms with E-state index >= 15 is 0 Å². The van der Waals surface area contributed by atoms with Gasteiger partial charge in [0.1, 0.15) is 6.04 Å². The molecule has 0 unspecified atom stereocenters. The first-order chi connectivity index (χ1) is 9.22. The quantitative estimate of drug-likeness (QED) is 0.788. The van der Waals surface area contributed by atoms with Crippen LogP contribution >= 0.6 is 0 Å². The summed E-state index contributed by atoms with van der Waals surface area (Å²) in [5.41, 5.74) is 2.84. The van der Waals surface area contributed by atoms with Crippen molar-refractivity contribution in [3.63, 3.8) is 0 Å². The zero-order valence-electron chi connectivity index (χ0n) is 10.9. The number of rotatable bonds is 5. The van der Waals surface area contributed by atoms with Crippen LogP contribution in [0, 0.1) is 0 Å². The van der Waals surface area contributed by atoms with Crippen molar-refractivity contribution in [2.45, 2.75) is 19.5 Å². The topological polar surface area (TPSA) is 79.9 Å². The Morgan fingerprint density at radius 1 is 1.53 bits per heavy atom. The molecule has 2 heterocycles. The Morgan fingerprint density at radius 2 is 2.37 bits per heavy atom. The molecule has 0 aliphatic heterocycles. The second-order valence-electron chi connectivity index (χ2n) is 4.14. The monoisotopic (exact) mass is 260 g/mol. The molecule has 6 heteroatoms. The molecule has 0 aliphatic carbocycles. The summed E-state index contributed by atoms with van der Waals surface area (Å²) in [7, 11) is 1.37. The van der Waals surface area contributed by atoms with Crippen LogP contribution in [-0.2, 0) is 16.1 Å². The van der Waals surface area contributed by atoms with E-state index in [1.54, 1.807) is 25.5 Å². The van der Waals surface area contributed by atoms with Gasteiger partial charge in [0.2, 0.25) is 0 Å². The maximum absolute atomic E-state index is 11.3. The van der Waals surface area contributed by atoms with Crippen molar-refractivity contribution < 1.29 is 9.53 Å². The Labute approximate surface area is 111 Å². The first-order valence-corrected chi connectivity index (χ1v) is 5.96. The molecule has 0 saturated carbocycles. The van der Waals surface area contributed by atoms with Gasteiger partial charge in [-0.05, 0) is 19.1 Å². The number of hydrogen-bond donors (Lipinski definition) is 2. The summed E-state index contributed by atoms with van der Waals surface area (Å²) in [6.45, 7) is 2.28. The molecule has 0 radical (unpaired) electrons. The van der Waals surface area contributed by atoms with E-state index < -0.39 is 0 Å². The lowest BCUT2D eigenvalue weighted by atomic mass is 10.1. The number of hydrogen-bond acceptors (Lipinski definition) is 5. The Morgan fingerprint density at radius 3 is 3.05 bits per heavy atom. The van der Waals surface area contributed by atoms with Crippen molar-refractivity contribution in [3.8, 4) is 11.3 Å². The predicted molar refractivity (Wildman–Crippen MR) is 70.1 cm³/mol. The zero-order chi connectivity index (χ0) is 13.7. The highest BCUT2D eigenvalue weighted by Gasteiger charge is 2.14. The van der Waals surface area contributed by atoms with E-state index in [2.05, 4.69) is 25.2 Å². The number of nitrogens with zero attached hydrogens (tertiary/aromatic N) is 2. The van der Waals surface area contributed by atoms with E-state index in [1.165, 1.54) is 7.11 Å². The summed E-state index contributed by atoms with van der Waals surface area (Å²) in [4.78, 5) is 15.4. The molecule has 2 rings (SSSR count). The van der Waals surface area contributed by atoms with Crippen LogP contribution in [0.1, 0.15) is 12.5 Å². The van der Waals surface area contributed by atoms with E-state index in [1.807, 2.05) is 12.1 Å². The highest BCUT2D eigenvalue weighted by atomic mass is 16.5. The summed E-state index contributed by atoms with van der Waals surface area (Å²) < 4.78 is 4.66. The second kappa shape index (κ2) is 6.10. The summed E-state index contributed by atoms with van der Waals surface area (Å²) in [6, 6.07) is 3.46. The third-order valence-electron chi connectivity index (χ3n) is 2.82. The molecule has 0 amide bonds. The minimum absolute atomic E-state index is 0.286. The summed E-state index contributed by atoms with van der Waals surface area (Å²) in [6.07, 6.45) is 5.22. The van der Waals surface area contributed by atoms with Crippen LogP contribution in [0.5, 0.6) is 0 Å². The summed E-state index contributed by atoms with van der Waals surface area (Å²) in [5, 5.41) is 10.1. The average Bonchev–Trinajstić information content (AvgIpc) is 2.93. The lowest BCUT2D eigenvalue weighted by Crippen LogP contribution is -2.34. The van der Waals surface area contributed by atoms with Gasteiger partial charge in [0.15, 0.2) is 0 Å². The van der Waals surface area contributed by atoms with Gasteiger partial charge in [0.25, 0.3) is 0 Å². The number of nitrogens with one attached hydrogen (secondary N) is 2. The smallest absolute Gasteiger partial charge is 0.322 e. The van der Waals surface area contributed by atoms with E-state index in [9.17, 15) is 4.79 Å². The van der Waals surface area contributed by atoms with Crippen LogP contribution < -0.4 is 5.32 Å². The molecule has 0 fully saturated rings. The third-order valence-corrected chi connectivity index (χ3v) is 2.82. The molecule has 1 atom stereocenters. The molecule has 0 aromatic carbocycles. The van der Waals surface area contributed by atoms with Gasteiger partial charge >= 0.3 is 5.97 Å². The fraction of sp³-hybridized carbons (Fsp3) is 0.308. The van der Waals surface area contributed by atoms with Gasteiger partial charge in [-0.1, -0.05) is 0 Å². The number of aromatic nitrogens is 3. The largest absolute Gasteiger partial charge is 0.468 e. The van der Waals surface area contributed by atoms with E-state index in [-0.39, 0.29) is 12.0 Å². The molecular formula is C13H16N4O2. The van der Waals surface area contributed by atoms with E-state index in [0.29, 0.717) is 6.54 Å². The molecule has 0 spiro atoms. The van der Waals surface area contributed by atoms with Gasteiger partial charge in [0, 0.05) is 30.1 Å². The molecular weight excluding hydrogens is 244 g/mol. The number of aromatic amines is 1. The second-order valence-corrected chi connectivity index (χ2v) is 4.14. The number of ether oxygens (including phenoxy) is 1. The van der Waals surface area contributed by atoms with Gasteiger partial charge < -0.3 is 10.1 Å². The Balaban J connectivity index is 2.07. The average molecular weight is 260 g/mol. The van der Waals surface area contributed by atoms with Crippen molar-refractivity contribution >= 4 is 5.97 Å². The standard InChI is InChI=1S/C13H16N4O2/c1-9(13(18)19-2)15-7-11-8-16-17-12(11)10-4-3-5-14-6-10/h3-6,8-9,15H,7H2,1-2H3,(H,16,17)/t9-/m0/s1. The maximum Gasteiger partial charge on any atom is 0.322 e. The van der Waals surface area contributed by atoms with Crippen molar-refractivity contribution in [1.29, 1.82) is 0 Å². The number of methoxy groups -OCH3 is 1. The molecule has 19 heavy (non-hydrogen) atoms. The number of carbonyl (C=O) groups excluding carboxylic acids is 1. The SMILES string of the molecule is COC(=O)[C@H](C)NCc1cn[nH]c1-c1cccnc1. The van der Waals surface area contributed by atoms with E-state index in [0.717, 1.165) is 16.8 Å². The van der Waals surface area contributed by atoms with Crippen LogP contribution in [0.2, 0.25) is 0 Å². The third kappa shape index (κ3) is 3.17. The lowest BCUT2D eigenvalue weighted by Gasteiger charge is -2.11. The Hall–Kier alpha value is -2.21. The fourth-order valence-corrected chi connectivity index (χ4v) is 1.73. The van der Waals surface area contributed by atoms with Crippen molar-refractivity contribution in [3.05, 3.63) is 36.3 Å². The lowest BCUT2D eigenvalue weighted by molar-refractivity contribution is -0.142. The van der Waals surface area contributed by atoms with Gasteiger partial charge in [-0.25, -0.2) is 0 Å². The first-order valence-electron chi connectivity index (χ1n) is 5.96. The summed E-state index contributed by atoms with van der Waals surface area (Å²) in [5.74, 6) is -0.286. The Bertz CT molecular complexity index is 539. The number of esters is 1. The van der Waals surface area contributed by atoms with Crippen LogP contribution in [0.15, 0.2) is 30.7 Å². The van der Waals surface area contributed by atoms with Gasteiger partial charge in [0.05, 0.1) is 19.0 Å². The highest BCUT2D eigenvalue weighted by Crippen LogP contribution is 2.19. The number of carbonyl (C=O) groups is 1. The molecule has 100 valence electrons. The summed E-state index contributed by atoms with van der Waals surface area (Å²) >= 11 is 0. The number of H-pyrrole nitrogens is 1. The van der Waals surface area contributed by atoms with Crippen LogP contribution in [0.3, 0.4) is 0 Å². The van der Waals surface area contributed by atoms with Gasteiger partial charge in [-0.2, -0.15) is 5.10 Å². The molecule has 2 aromatic rings. The highest BCUT2D eigenvalue weighted by molar-refractivity contribution is 5.75. The van der Waals surface area contributed by atoms with Crippen LogP contribution in [0.4, 0.5) is 0 Å². The van der Waals surface area contributed by atoms with Crippen LogP contribution in [-0.4, -0.2) is 34.3 Å². The normalized spacial score (nSPS) is 12.1. The predicted octanol–water partition coefficient (Wildman–Crippen LogP) is 1.12. The zero-order valence-corrected chi connectivity index (χ0v) is 10.9. The maximum atomic E-state index is 11.3. The molecule has 6 nitrogen and oxygen atoms in total. The minimum Gasteiger partial charge on any atom is -0.468 e. The van der Waals surface area contributed by atoms with Crippen molar-refractivity contribution in [2.75, 3.05) is 7.11 Å². The minimum atomic E-state index is -0.360.